The van der Waals surface area contributed by atoms with Crippen LogP contribution in [0.2, 0.25) is 0 Å². The van der Waals surface area contributed by atoms with E-state index in [9.17, 15) is 5.11 Å². The molecule has 0 saturated carbocycles. The van der Waals surface area contributed by atoms with Gasteiger partial charge in [0.25, 0.3) is 0 Å². The number of aliphatic hydroxyl groups excluding tert-OH is 1. The number of aryl methyl sites for hydroxylation is 2. The molecule has 0 aliphatic rings. The Balaban J connectivity index is 2.20. The second-order valence-electron chi connectivity index (χ2n) is 4.89. The Bertz CT molecular complexity index is 573. The molecule has 0 radical (unpaired) electrons. The van der Waals surface area contributed by atoms with Crippen molar-refractivity contribution in [2.45, 2.75) is 26.4 Å². The molecule has 100 valence electrons. The third-order valence-corrected chi connectivity index (χ3v) is 4.92. The quantitative estimate of drug-likeness (QED) is 0.781. The lowest BCUT2D eigenvalue weighted by molar-refractivity contribution is 0.178. The van der Waals surface area contributed by atoms with Crippen molar-refractivity contribution in [3.63, 3.8) is 0 Å². The molecule has 1 N–H and O–H groups in total. The van der Waals surface area contributed by atoms with Crippen molar-refractivity contribution in [2.24, 2.45) is 0 Å². The molecule has 0 amide bonds. The maximum absolute atomic E-state index is 10.3. The van der Waals surface area contributed by atoms with E-state index in [1.807, 2.05) is 18.2 Å². The minimum absolute atomic E-state index is 0.481. The van der Waals surface area contributed by atoms with E-state index in [0.29, 0.717) is 6.42 Å². The van der Waals surface area contributed by atoms with Crippen LogP contribution in [0.4, 0.5) is 0 Å². The first-order valence-corrected chi connectivity index (χ1v) is 7.74. The lowest BCUT2D eigenvalue weighted by Crippen LogP contribution is -2.02. The second kappa shape index (κ2) is 6.21. The average Bonchev–Trinajstić information content (AvgIpc) is 2.31. The molecule has 0 aliphatic carbocycles. The summed E-state index contributed by atoms with van der Waals surface area (Å²) in [6, 6.07) is 12.3. The summed E-state index contributed by atoms with van der Waals surface area (Å²) >= 11 is 6.90. The Morgan fingerprint density at radius 2 is 1.58 bits per heavy atom. The molecule has 0 bridgehead atoms. The smallest absolute Gasteiger partial charge is 0.0830 e. The van der Waals surface area contributed by atoms with Crippen molar-refractivity contribution in [2.75, 3.05) is 0 Å². The second-order valence-corrected chi connectivity index (χ2v) is 6.60. The van der Waals surface area contributed by atoms with Crippen LogP contribution in [0.5, 0.6) is 0 Å². The zero-order valence-corrected chi connectivity index (χ0v) is 14.1. The lowest BCUT2D eigenvalue weighted by atomic mass is 9.98. The highest BCUT2D eigenvalue weighted by Crippen LogP contribution is 2.28. The van der Waals surface area contributed by atoms with E-state index in [4.69, 9.17) is 0 Å². The Morgan fingerprint density at radius 1 is 0.947 bits per heavy atom. The predicted octanol–water partition coefficient (Wildman–Crippen LogP) is 5.10. The summed E-state index contributed by atoms with van der Waals surface area (Å²) in [6.45, 7) is 4.16. The van der Waals surface area contributed by atoms with E-state index in [2.05, 4.69) is 63.9 Å². The fraction of sp³-hybridized carbons (Fsp3) is 0.250. The summed E-state index contributed by atoms with van der Waals surface area (Å²) in [5.74, 6) is 0. The summed E-state index contributed by atoms with van der Waals surface area (Å²) in [5.41, 5.74) is 4.57. The van der Waals surface area contributed by atoms with E-state index < -0.39 is 6.10 Å². The van der Waals surface area contributed by atoms with Gasteiger partial charge in [0.2, 0.25) is 0 Å². The molecule has 0 spiro atoms. The molecular formula is C16H16Br2O. The van der Waals surface area contributed by atoms with Crippen molar-refractivity contribution < 1.29 is 5.11 Å². The Hall–Kier alpha value is -0.640. The summed E-state index contributed by atoms with van der Waals surface area (Å²) < 4.78 is 1.96. The molecular weight excluding hydrogens is 368 g/mol. The summed E-state index contributed by atoms with van der Waals surface area (Å²) in [4.78, 5) is 0. The first-order valence-electron chi connectivity index (χ1n) is 6.16. The van der Waals surface area contributed by atoms with Crippen LogP contribution in [-0.2, 0) is 6.42 Å². The zero-order chi connectivity index (χ0) is 14.0. The minimum Gasteiger partial charge on any atom is -0.388 e. The van der Waals surface area contributed by atoms with Gasteiger partial charge >= 0.3 is 0 Å². The van der Waals surface area contributed by atoms with Gasteiger partial charge in [0.05, 0.1) is 6.10 Å². The van der Waals surface area contributed by atoms with Crippen molar-refractivity contribution in [3.8, 4) is 0 Å². The summed E-state index contributed by atoms with van der Waals surface area (Å²) in [5, 5.41) is 10.3. The SMILES string of the molecule is Cc1cc(C)cc(CC(O)c2ccc(Br)c(Br)c2)c1. The monoisotopic (exact) mass is 382 g/mol. The topological polar surface area (TPSA) is 20.2 Å². The molecule has 1 nitrogen and oxygen atoms in total. The molecule has 0 fully saturated rings. The highest BCUT2D eigenvalue weighted by atomic mass is 79.9. The van der Waals surface area contributed by atoms with Gasteiger partial charge in [-0.1, -0.05) is 35.4 Å². The predicted molar refractivity (Wildman–Crippen MR) is 86.4 cm³/mol. The molecule has 3 heteroatoms. The van der Waals surface area contributed by atoms with Crippen LogP contribution < -0.4 is 0 Å². The number of benzene rings is 2. The molecule has 19 heavy (non-hydrogen) atoms. The maximum atomic E-state index is 10.3. The van der Waals surface area contributed by atoms with Crippen molar-refractivity contribution >= 4 is 31.9 Å². The number of rotatable bonds is 3. The molecule has 1 atom stereocenters. The number of hydrogen-bond acceptors (Lipinski definition) is 1. The van der Waals surface area contributed by atoms with Crippen molar-refractivity contribution in [1.29, 1.82) is 0 Å². The van der Waals surface area contributed by atoms with Gasteiger partial charge in [0.15, 0.2) is 0 Å². The van der Waals surface area contributed by atoms with E-state index in [1.165, 1.54) is 16.7 Å². The maximum Gasteiger partial charge on any atom is 0.0830 e. The fourth-order valence-electron chi connectivity index (χ4n) is 2.25. The van der Waals surface area contributed by atoms with E-state index in [-0.39, 0.29) is 0 Å². The molecule has 0 heterocycles. The van der Waals surface area contributed by atoms with Gasteiger partial charge in [-0.2, -0.15) is 0 Å². The standard InChI is InChI=1S/C16H16Br2O/c1-10-5-11(2)7-12(6-10)8-16(19)13-3-4-14(17)15(18)9-13/h3-7,9,16,19H,8H2,1-2H3. The normalized spacial score (nSPS) is 12.5. The largest absolute Gasteiger partial charge is 0.388 e. The van der Waals surface area contributed by atoms with E-state index in [0.717, 1.165) is 14.5 Å². The first-order chi connectivity index (χ1) is 8.95. The molecule has 0 saturated heterocycles. The lowest BCUT2D eigenvalue weighted by Gasteiger charge is -2.13. The van der Waals surface area contributed by atoms with Crippen LogP contribution in [-0.4, -0.2) is 5.11 Å². The van der Waals surface area contributed by atoms with Crippen LogP contribution in [0, 0.1) is 13.8 Å². The van der Waals surface area contributed by atoms with Gasteiger partial charge in [0, 0.05) is 15.4 Å². The summed E-state index contributed by atoms with van der Waals surface area (Å²) in [6.07, 6.45) is 0.155. The zero-order valence-electron chi connectivity index (χ0n) is 11.0. The molecule has 0 aromatic heterocycles. The highest BCUT2D eigenvalue weighted by Gasteiger charge is 2.10. The average molecular weight is 384 g/mol. The van der Waals surface area contributed by atoms with Gasteiger partial charge < -0.3 is 5.11 Å². The first kappa shape index (κ1) is 14.8. The number of halogens is 2. The third kappa shape index (κ3) is 3.91. The Kier molecular flexibility index (Phi) is 4.82. The van der Waals surface area contributed by atoms with Crippen LogP contribution >= 0.6 is 31.9 Å². The molecule has 1 unspecified atom stereocenters. The van der Waals surface area contributed by atoms with Crippen LogP contribution in [0.1, 0.15) is 28.4 Å². The van der Waals surface area contributed by atoms with Gasteiger partial charge in [0.1, 0.15) is 0 Å². The summed E-state index contributed by atoms with van der Waals surface area (Å²) in [7, 11) is 0. The molecule has 2 rings (SSSR count). The number of hydrogen-bond donors (Lipinski definition) is 1. The van der Waals surface area contributed by atoms with Crippen LogP contribution in [0.3, 0.4) is 0 Å². The van der Waals surface area contributed by atoms with Crippen molar-refractivity contribution in [1.82, 2.24) is 0 Å². The van der Waals surface area contributed by atoms with Gasteiger partial charge in [-0.3, -0.25) is 0 Å². The Morgan fingerprint density at radius 3 is 2.16 bits per heavy atom. The molecule has 2 aromatic rings. The molecule has 0 aliphatic heterocycles. The highest BCUT2D eigenvalue weighted by molar-refractivity contribution is 9.13. The third-order valence-electron chi connectivity index (χ3n) is 3.04. The van der Waals surface area contributed by atoms with E-state index >= 15 is 0 Å². The Labute approximate surface area is 130 Å². The van der Waals surface area contributed by atoms with E-state index in [1.54, 1.807) is 0 Å². The molecule has 2 aromatic carbocycles. The van der Waals surface area contributed by atoms with Crippen LogP contribution in [0.25, 0.3) is 0 Å². The van der Waals surface area contributed by atoms with Gasteiger partial charge in [-0.25, -0.2) is 0 Å². The minimum atomic E-state index is -0.481. The van der Waals surface area contributed by atoms with Crippen LogP contribution in [0.15, 0.2) is 45.3 Å². The van der Waals surface area contributed by atoms with Gasteiger partial charge in [-0.05, 0) is 69.0 Å². The van der Waals surface area contributed by atoms with Crippen molar-refractivity contribution in [3.05, 3.63) is 67.6 Å². The number of aliphatic hydroxyl groups is 1. The van der Waals surface area contributed by atoms with Gasteiger partial charge in [-0.15, -0.1) is 0 Å². The fourth-order valence-corrected chi connectivity index (χ4v) is 2.89.